The Morgan fingerprint density at radius 2 is 2.18 bits per heavy atom. The standard InChI is InChI=1S/C19H22N4O4S/c1-12-16(28-17(21-12)13-5-3-7-20-9-13)19(27)23-8-4-6-14(10-23)18(26)22(2)11-15(24)25/h3,5,7,9,14H,4,6,8,10-11H2,1-2H3,(H,24,25). The number of piperidine rings is 1. The number of thiazole rings is 1. The SMILES string of the molecule is Cc1nc(-c2cccnc2)sc1C(=O)N1CCCC(C(=O)N(C)CC(=O)O)C1. The highest BCUT2D eigenvalue weighted by Crippen LogP contribution is 2.29. The Hall–Kier alpha value is -2.81. The van der Waals surface area contributed by atoms with Gasteiger partial charge in [0, 0.05) is 38.1 Å². The van der Waals surface area contributed by atoms with E-state index in [1.807, 2.05) is 12.1 Å². The maximum absolute atomic E-state index is 13.0. The van der Waals surface area contributed by atoms with Gasteiger partial charge in [0.15, 0.2) is 0 Å². The lowest BCUT2D eigenvalue weighted by atomic mass is 9.96. The van der Waals surface area contributed by atoms with E-state index < -0.39 is 5.97 Å². The second kappa shape index (κ2) is 8.47. The maximum atomic E-state index is 13.0. The van der Waals surface area contributed by atoms with E-state index in [2.05, 4.69) is 9.97 Å². The number of amides is 2. The number of likely N-dealkylation sites (N-methyl/N-ethyl adjacent to an activating group) is 1. The molecule has 1 atom stereocenters. The van der Waals surface area contributed by atoms with E-state index in [4.69, 9.17) is 5.11 Å². The van der Waals surface area contributed by atoms with Crippen LogP contribution in [0, 0.1) is 12.8 Å². The number of aryl methyl sites for hydroxylation is 1. The minimum Gasteiger partial charge on any atom is -0.480 e. The molecule has 1 saturated heterocycles. The van der Waals surface area contributed by atoms with Crippen molar-refractivity contribution in [2.45, 2.75) is 19.8 Å². The molecule has 2 aromatic heterocycles. The summed E-state index contributed by atoms with van der Waals surface area (Å²) in [6, 6.07) is 3.72. The van der Waals surface area contributed by atoms with Crippen molar-refractivity contribution in [3.05, 3.63) is 35.1 Å². The maximum Gasteiger partial charge on any atom is 0.323 e. The molecule has 1 aliphatic rings. The fourth-order valence-electron chi connectivity index (χ4n) is 3.31. The smallest absolute Gasteiger partial charge is 0.323 e. The van der Waals surface area contributed by atoms with Crippen molar-refractivity contribution in [3.8, 4) is 10.6 Å². The zero-order valence-corrected chi connectivity index (χ0v) is 16.6. The molecule has 0 aliphatic carbocycles. The number of rotatable bonds is 5. The quantitative estimate of drug-likeness (QED) is 0.819. The highest BCUT2D eigenvalue weighted by atomic mass is 32.1. The van der Waals surface area contributed by atoms with Crippen LogP contribution in [-0.2, 0) is 9.59 Å². The first-order valence-corrected chi connectivity index (χ1v) is 9.82. The summed E-state index contributed by atoms with van der Waals surface area (Å²) in [5, 5.41) is 9.61. The van der Waals surface area contributed by atoms with Crippen molar-refractivity contribution in [2.24, 2.45) is 5.92 Å². The Balaban J connectivity index is 1.73. The van der Waals surface area contributed by atoms with Crippen molar-refractivity contribution in [1.82, 2.24) is 19.8 Å². The fraction of sp³-hybridized carbons (Fsp3) is 0.421. The zero-order chi connectivity index (χ0) is 20.3. The van der Waals surface area contributed by atoms with E-state index in [9.17, 15) is 14.4 Å². The number of carboxylic acid groups (broad SMARTS) is 1. The van der Waals surface area contributed by atoms with Crippen LogP contribution in [0.25, 0.3) is 10.6 Å². The number of carbonyl (C=O) groups excluding carboxylic acids is 2. The molecule has 2 amide bonds. The number of aromatic nitrogens is 2. The van der Waals surface area contributed by atoms with Gasteiger partial charge in [-0.05, 0) is 31.9 Å². The number of carbonyl (C=O) groups is 3. The molecule has 8 nitrogen and oxygen atoms in total. The molecule has 1 fully saturated rings. The zero-order valence-electron chi connectivity index (χ0n) is 15.8. The number of likely N-dealkylation sites (tertiary alicyclic amines) is 1. The summed E-state index contributed by atoms with van der Waals surface area (Å²) >= 11 is 1.32. The minimum atomic E-state index is -1.05. The number of aliphatic carboxylic acids is 1. The minimum absolute atomic E-state index is 0.136. The van der Waals surface area contributed by atoms with Crippen LogP contribution in [0.3, 0.4) is 0 Å². The number of hydrogen-bond acceptors (Lipinski definition) is 6. The van der Waals surface area contributed by atoms with Crippen LogP contribution in [0.1, 0.15) is 28.2 Å². The highest BCUT2D eigenvalue weighted by Gasteiger charge is 2.32. The van der Waals surface area contributed by atoms with Crippen molar-refractivity contribution < 1.29 is 19.5 Å². The van der Waals surface area contributed by atoms with E-state index in [1.165, 1.54) is 23.3 Å². The number of pyridine rings is 1. The van der Waals surface area contributed by atoms with Crippen LogP contribution in [0.15, 0.2) is 24.5 Å². The topological polar surface area (TPSA) is 104 Å². The third-order valence-corrected chi connectivity index (χ3v) is 5.90. The van der Waals surface area contributed by atoms with Gasteiger partial charge >= 0.3 is 5.97 Å². The first-order valence-electron chi connectivity index (χ1n) is 9.00. The van der Waals surface area contributed by atoms with Crippen LogP contribution in [0.4, 0.5) is 0 Å². The molecule has 0 spiro atoms. The number of nitrogens with zero attached hydrogens (tertiary/aromatic N) is 4. The predicted molar refractivity (Wildman–Crippen MR) is 104 cm³/mol. The average molecular weight is 402 g/mol. The molecular weight excluding hydrogens is 380 g/mol. The second-order valence-electron chi connectivity index (χ2n) is 6.85. The summed E-state index contributed by atoms with van der Waals surface area (Å²) in [5.74, 6) is -1.81. The third kappa shape index (κ3) is 4.36. The predicted octanol–water partition coefficient (Wildman–Crippen LogP) is 1.91. The average Bonchev–Trinajstić information content (AvgIpc) is 3.08. The van der Waals surface area contributed by atoms with Gasteiger partial charge < -0.3 is 14.9 Å². The molecular formula is C19H22N4O4S. The lowest BCUT2D eigenvalue weighted by molar-refractivity contribution is -0.145. The number of hydrogen-bond donors (Lipinski definition) is 1. The van der Waals surface area contributed by atoms with Gasteiger partial charge in [-0.1, -0.05) is 0 Å². The molecule has 3 rings (SSSR count). The molecule has 3 heterocycles. The molecule has 2 aromatic rings. The molecule has 0 bridgehead atoms. The molecule has 9 heteroatoms. The second-order valence-corrected chi connectivity index (χ2v) is 7.85. The lowest BCUT2D eigenvalue weighted by Gasteiger charge is -2.33. The van der Waals surface area contributed by atoms with Crippen molar-refractivity contribution in [1.29, 1.82) is 0 Å². The molecule has 0 saturated carbocycles. The summed E-state index contributed by atoms with van der Waals surface area (Å²) in [6.07, 6.45) is 4.74. The molecule has 1 N–H and O–H groups in total. The van der Waals surface area contributed by atoms with Crippen molar-refractivity contribution in [2.75, 3.05) is 26.7 Å². The van der Waals surface area contributed by atoms with Crippen LogP contribution >= 0.6 is 11.3 Å². The summed E-state index contributed by atoms with van der Waals surface area (Å²) in [4.78, 5) is 48.4. The van der Waals surface area contributed by atoms with E-state index >= 15 is 0 Å². The first-order chi connectivity index (χ1) is 13.4. The van der Waals surface area contributed by atoms with Crippen LogP contribution in [0.5, 0.6) is 0 Å². The number of carboxylic acids is 1. The molecule has 0 radical (unpaired) electrons. The third-order valence-electron chi connectivity index (χ3n) is 4.71. The fourth-order valence-corrected chi connectivity index (χ4v) is 4.33. The summed E-state index contributed by atoms with van der Waals surface area (Å²) < 4.78 is 0. The summed E-state index contributed by atoms with van der Waals surface area (Å²) in [6.45, 7) is 2.33. The monoisotopic (exact) mass is 402 g/mol. The summed E-state index contributed by atoms with van der Waals surface area (Å²) in [7, 11) is 1.48. The van der Waals surface area contributed by atoms with Crippen molar-refractivity contribution in [3.63, 3.8) is 0 Å². The molecule has 1 aliphatic heterocycles. The Kier molecular flexibility index (Phi) is 6.03. The van der Waals surface area contributed by atoms with Gasteiger partial charge in [-0.15, -0.1) is 11.3 Å². The molecule has 148 valence electrons. The van der Waals surface area contributed by atoms with Crippen LogP contribution in [-0.4, -0.2) is 69.3 Å². The normalized spacial score (nSPS) is 16.6. The van der Waals surface area contributed by atoms with Gasteiger partial charge in [0.25, 0.3) is 5.91 Å². The van der Waals surface area contributed by atoms with Gasteiger partial charge in [-0.25, -0.2) is 4.98 Å². The van der Waals surface area contributed by atoms with E-state index in [-0.39, 0.29) is 24.3 Å². The van der Waals surface area contributed by atoms with Gasteiger partial charge in [0.1, 0.15) is 16.4 Å². The Labute approximate surface area is 166 Å². The van der Waals surface area contributed by atoms with E-state index in [0.717, 1.165) is 10.6 Å². The summed E-state index contributed by atoms with van der Waals surface area (Å²) in [5.41, 5.74) is 1.52. The molecule has 0 aromatic carbocycles. The van der Waals surface area contributed by atoms with Gasteiger partial charge in [0.05, 0.1) is 11.6 Å². The Morgan fingerprint density at radius 1 is 1.39 bits per heavy atom. The largest absolute Gasteiger partial charge is 0.480 e. The van der Waals surface area contributed by atoms with E-state index in [0.29, 0.717) is 36.5 Å². The lowest BCUT2D eigenvalue weighted by Crippen LogP contribution is -2.46. The highest BCUT2D eigenvalue weighted by molar-refractivity contribution is 7.17. The van der Waals surface area contributed by atoms with E-state index in [1.54, 1.807) is 24.2 Å². The first kappa shape index (κ1) is 19.9. The van der Waals surface area contributed by atoms with Gasteiger partial charge in [-0.2, -0.15) is 0 Å². The van der Waals surface area contributed by atoms with Crippen molar-refractivity contribution >= 4 is 29.1 Å². The van der Waals surface area contributed by atoms with Crippen LogP contribution < -0.4 is 0 Å². The van der Waals surface area contributed by atoms with Gasteiger partial charge in [0.2, 0.25) is 5.91 Å². The molecule has 1 unspecified atom stereocenters. The Bertz CT molecular complexity index is 883. The van der Waals surface area contributed by atoms with Crippen LogP contribution in [0.2, 0.25) is 0 Å². The van der Waals surface area contributed by atoms with Gasteiger partial charge in [-0.3, -0.25) is 19.4 Å². The molecule has 28 heavy (non-hydrogen) atoms. The Morgan fingerprint density at radius 3 is 2.86 bits per heavy atom.